The van der Waals surface area contributed by atoms with Gasteiger partial charge in [0.15, 0.2) is 0 Å². The van der Waals surface area contributed by atoms with E-state index in [2.05, 4.69) is 54.6 Å². The fraction of sp³-hybridized carbons (Fsp3) is 0.500. The molecule has 20 heavy (non-hydrogen) atoms. The van der Waals surface area contributed by atoms with E-state index in [0.29, 0.717) is 5.92 Å². The smallest absolute Gasteiger partial charge is 0.0702 e. The van der Waals surface area contributed by atoms with Crippen LogP contribution in [0.25, 0.3) is 10.9 Å². The van der Waals surface area contributed by atoms with Crippen molar-refractivity contribution in [2.45, 2.75) is 39.0 Å². The summed E-state index contributed by atoms with van der Waals surface area (Å²) in [5.41, 5.74) is 3.89. The molecular weight excluding hydrogens is 244 g/mol. The molecule has 1 saturated heterocycles. The molecular formula is C18H24N2. The lowest BCUT2D eigenvalue weighted by atomic mass is 9.92. The Morgan fingerprint density at radius 1 is 1.30 bits per heavy atom. The molecule has 1 fully saturated rings. The van der Waals surface area contributed by atoms with Crippen LogP contribution in [0, 0.1) is 5.92 Å². The standard InChI is InChI=1S/C18H24N2/c1-13(2)16-5-6-18-17(10-16)9-15(12-20-18)8-14-4-3-7-19-11-14/h5-6,9-10,12-14,19H,3-4,7-8,11H2,1-2H3. The first-order valence-electron chi connectivity index (χ1n) is 7.81. The molecule has 1 N–H and O–H groups in total. The molecule has 0 spiro atoms. The topological polar surface area (TPSA) is 24.9 Å². The molecule has 2 nitrogen and oxygen atoms in total. The van der Waals surface area contributed by atoms with Crippen LogP contribution >= 0.6 is 0 Å². The van der Waals surface area contributed by atoms with Crippen LogP contribution in [-0.4, -0.2) is 18.1 Å². The van der Waals surface area contributed by atoms with E-state index in [1.54, 1.807) is 0 Å². The SMILES string of the molecule is CC(C)c1ccc2ncc(CC3CCCNC3)cc2c1. The Bertz CT molecular complexity index is 583. The van der Waals surface area contributed by atoms with E-state index in [0.717, 1.165) is 24.4 Å². The summed E-state index contributed by atoms with van der Waals surface area (Å²) in [6, 6.07) is 8.99. The highest BCUT2D eigenvalue weighted by molar-refractivity contribution is 5.79. The summed E-state index contributed by atoms with van der Waals surface area (Å²) >= 11 is 0. The number of aromatic nitrogens is 1. The van der Waals surface area contributed by atoms with Gasteiger partial charge in [0.1, 0.15) is 0 Å². The summed E-state index contributed by atoms with van der Waals surface area (Å²) in [5, 5.41) is 4.79. The molecule has 0 saturated carbocycles. The van der Waals surface area contributed by atoms with Gasteiger partial charge in [-0.1, -0.05) is 19.9 Å². The molecule has 1 aromatic carbocycles. The minimum atomic E-state index is 0.575. The van der Waals surface area contributed by atoms with Crippen molar-refractivity contribution in [2.24, 2.45) is 5.92 Å². The maximum Gasteiger partial charge on any atom is 0.0702 e. The lowest BCUT2D eigenvalue weighted by Crippen LogP contribution is -2.30. The number of piperidine rings is 1. The summed E-state index contributed by atoms with van der Waals surface area (Å²) in [6.45, 7) is 6.83. The average Bonchev–Trinajstić information content (AvgIpc) is 2.47. The molecule has 106 valence electrons. The molecule has 1 atom stereocenters. The Morgan fingerprint density at radius 2 is 2.20 bits per heavy atom. The highest BCUT2D eigenvalue weighted by atomic mass is 14.9. The number of hydrogen-bond acceptors (Lipinski definition) is 2. The summed E-state index contributed by atoms with van der Waals surface area (Å²) in [7, 11) is 0. The zero-order valence-electron chi connectivity index (χ0n) is 12.5. The molecule has 2 aromatic rings. The van der Waals surface area contributed by atoms with Crippen molar-refractivity contribution < 1.29 is 0 Å². The molecule has 1 aliphatic heterocycles. The fourth-order valence-corrected chi connectivity index (χ4v) is 3.10. The van der Waals surface area contributed by atoms with Crippen LogP contribution in [0.5, 0.6) is 0 Å². The number of fused-ring (bicyclic) bond motifs is 1. The molecule has 0 aliphatic carbocycles. The second-order valence-corrected chi connectivity index (χ2v) is 6.37. The molecule has 2 heteroatoms. The number of nitrogens with zero attached hydrogens (tertiary/aromatic N) is 1. The second-order valence-electron chi connectivity index (χ2n) is 6.37. The third-order valence-corrected chi connectivity index (χ3v) is 4.35. The van der Waals surface area contributed by atoms with Crippen LogP contribution in [0.3, 0.4) is 0 Å². The maximum absolute atomic E-state index is 4.63. The van der Waals surface area contributed by atoms with Crippen molar-refractivity contribution in [1.29, 1.82) is 0 Å². The molecule has 0 amide bonds. The van der Waals surface area contributed by atoms with Crippen LogP contribution in [0.2, 0.25) is 0 Å². The van der Waals surface area contributed by atoms with Crippen molar-refractivity contribution in [3.63, 3.8) is 0 Å². The summed E-state index contributed by atoms with van der Waals surface area (Å²) < 4.78 is 0. The Hall–Kier alpha value is -1.41. The van der Waals surface area contributed by atoms with Gasteiger partial charge in [0.2, 0.25) is 0 Å². The first kappa shape index (κ1) is 13.6. The van der Waals surface area contributed by atoms with Crippen molar-refractivity contribution in [1.82, 2.24) is 10.3 Å². The first-order chi connectivity index (χ1) is 9.72. The molecule has 0 bridgehead atoms. The molecule has 1 aliphatic rings. The Balaban J connectivity index is 1.84. The summed E-state index contributed by atoms with van der Waals surface area (Å²) in [4.78, 5) is 4.63. The van der Waals surface area contributed by atoms with Gasteiger partial charge >= 0.3 is 0 Å². The van der Waals surface area contributed by atoms with E-state index in [4.69, 9.17) is 0 Å². The van der Waals surface area contributed by atoms with E-state index in [-0.39, 0.29) is 0 Å². The molecule has 3 rings (SSSR count). The second kappa shape index (κ2) is 5.92. The van der Waals surface area contributed by atoms with Gasteiger partial charge in [-0.05, 0) is 73.5 Å². The minimum Gasteiger partial charge on any atom is -0.316 e. The number of benzene rings is 1. The molecule has 2 heterocycles. The number of rotatable bonds is 3. The Morgan fingerprint density at radius 3 is 2.95 bits per heavy atom. The van der Waals surface area contributed by atoms with Crippen LogP contribution in [0.1, 0.15) is 43.7 Å². The van der Waals surface area contributed by atoms with Crippen LogP contribution in [0.15, 0.2) is 30.5 Å². The minimum absolute atomic E-state index is 0.575. The van der Waals surface area contributed by atoms with Gasteiger partial charge in [-0.2, -0.15) is 0 Å². The highest BCUT2D eigenvalue weighted by Crippen LogP contribution is 2.23. The zero-order valence-corrected chi connectivity index (χ0v) is 12.5. The lowest BCUT2D eigenvalue weighted by Gasteiger charge is -2.22. The predicted molar refractivity (Wildman–Crippen MR) is 85.1 cm³/mol. The third-order valence-electron chi connectivity index (χ3n) is 4.35. The van der Waals surface area contributed by atoms with Crippen molar-refractivity contribution in [2.75, 3.05) is 13.1 Å². The van der Waals surface area contributed by atoms with E-state index in [1.807, 2.05) is 0 Å². The normalized spacial score (nSPS) is 19.6. The Labute approximate surface area is 121 Å². The highest BCUT2D eigenvalue weighted by Gasteiger charge is 2.14. The van der Waals surface area contributed by atoms with Gasteiger partial charge < -0.3 is 5.32 Å². The maximum atomic E-state index is 4.63. The first-order valence-corrected chi connectivity index (χ1v) is 7.81. The van der Waals surface area contributed by atoms with E-state index in [1.165, 1.54) is 35.9 Å². The van der Waals surface area contributed by atoms with E-state index < -0.39 is 0 Å². The third kappa shape index (κ3) is 3.01. The summed E-state index contributed by atoms with van der Waals surface area (Å²) in [6.07, 6.45) is 5.87. The van der Waals surface area contributed by atoms with E-state index in [9.17, 15) is 0 Å². The predicted octanol–water partition coefficient (Wildman–Crippen LogP) is 3.90. The number of nitrogens with one attached hydrogen (secondary N) is 1. The largest absolute Gasteiger partial charge is 0.316 e. The van der Waals surface area contributed by atoms with Crippen LogP contribution in [-0.2, 0) is 6.42 Å². The van der Waals surface area contributed by atoms with E-state index >= 15 is 0 Å². The number of pyridine rings is 1. The van der Waals surface area contributed by atoms with Gasteiger partial charge in [0.05, 0.1) is 5.52 Å². The lowest BCUT2D eigenvalue weighted by molar-refractivity contribution is 0.376. The fourth-order valence-electron chi connectivity index (χ4n) is 3.10. The molecule has 1 unspecified atom stereocenters. The molecule has 0 radical (unpaired) electrons. The Kier molecular flexibility index (Phi) is 4.02. The van der Waals surface area contributed by atoms with Crippen LogP contribution in [0.4, 0.5) is 0 Å². The van der Waals surface area contributed by atoms with Gasteiger partial charge in [-0.25, -0.2) is 0 Å². The van der Waals surface area contributed by atoms with Gasteiger partial charge in [0.25, 0.3) is 0 Å². The van der Waals surface area contributed by atoms with Gasteiger partial charge in [-0.15, -0.1) is 0 Å². The van der Waals surface area contributed by atoms with Crippen molar-refractivity contribution in [3.05, 3.63) is 41.6 Å². The summed E-state index contributed by atoms with van der Waals surface area (Å²) in [5.74, 6) is 1.35. The van der Waals surface area contributed by atoms with Crippen molar-refractivity contribution in [3.8, 4) is 0 Å². The monoisotopic (exact) mass is 268 g/mol. The average molecular weight is 268 g/mol. The molecule has 1 aromatic heterocycles. The van der Waals surface area contributed by atoms with Crippen LogP contribution < -0.4 is 5.32 Å². The van der Waals surface area contributed by atoms with Gasteiger partial charge in [-0.3, -0.25) is 4.98 Å². The van der Waals surface area contributed by atoms with Crippen molar-refractivity contribution >= 4 is 10.9 Å². The van der Waals surface area contributed by atoms with Gasteiger partial charge in [0, 0.05) is 11.6 Å². The quantitative estimate of drug-likeness (QED) is 0.913. The number of hydrogen-bond donors (Lipinski definition) is 1. The zero-order chi connectivity index (χ0) is 13.9.